The Kier molecular flexibility index (Phi) is 6.53. The van der Waals surface area contributed by atoms with Crippen LogP contribution in [0.15, 0.2) is 18.2 Å². The molecule has 108 valence electrons. The van der Waals surface area contributed by atoms with Crippen molar-refractivity contribution < 1.29 is 0 Å². The number of nitrogens with zero attached hydrogens (tertiary/aromatic N) is 1. The molecule has 0 heterocycles. The summed E-state index contributed by atoms with van der Waals surface area (Å²) in [6.07, 6.45) is 2.23. The average Bonchev–Trinajstić information content (AvgIpc) is 2.32. The van der Waals surface area contributed by atoms with Gasteiger partial charge >= 0.3 is 0 Å². The van der Waals surface area contributed by atoms with Crippen LogP contribution in [0.3, 0.4) is 0 Å². The third kappa shape index (κ3) is 5.33. The summed E-state index contributed by atoms with van der Waals surface area (Å²) in [5.41, 5.74) is 10.2. The standard InChI is InChI=1S/C17H30N2/c1-6-8-19(13(2)3)9-7-17(18)16-11-14(4)10-15(5)12-16/h10-13,17H,6-9,18H2,1-5H3. The number of benzene rings is 1. The molecule has 2 nitrogen and oxygen atoms in total. The molecule has 19 heavy (non-hydrogen) atoms. The summed E-state index contributed by atoms with van der Waals surface area (Å²) < 4.78 is 0. The lowest BCUT2D eigenvalue weighted by molar-refractivity contribution is 0.214. The molecule has 1 rings (SSSR count). The van der Waals surface area contributed by atoms with Gasteiger partial charge in [0.15, 0.2) is 0 Å². The van der Waals surface area contributed by atoms with E-state index >= 15 is 0 Å². The van der Waals surface area contributed by atoms with Gasteiger partial charge in [0.1, 0.15) is 0 Å². The molecule has 1 unspecified atom stereocenters. The monoisotopic (exact) mass is 262 g/mol. The van der Waals surface area contributed by atoms with E-state index in [1.165, 1.54) is 23.1 Å². The number of hydrogen-bond acceptors (Lipinski definition) is 2. The van der Waals surface area contributed by atoms with Gasteiger partial charge in [0.05, 0.1) is 0 Å². The number of rotatable bonds is 7. The molecule has 0 radical (unpaired) electrons. The molecule has 0 aliphatic heterocycles. The van der Waals surface area contributed by atoms with Crippen LogP contribution in [-0.4, -0.2) is 24.0 Å². The van der Waals surface area contributed by atoms with Crippen molar-refractivity contribution >= 4 is 0 Å². The molecule has 0 saturated carbocycles. The van der Waals surface area contributed by atoms with Gasteiger partial charge in [-0.25, -0.2) is 0 Å². The zero-order valence-electron chi connectivity index (χ0n) is 13.2. The Bertz CT molecular complexity index is 365. The van der Waals surface area contributed by atoms with Gasteiger partial charge in [0, 0.05) is 18.6 Å². The second-order valence-electron chi connectivity index (χ2n) is 5.95. The maximum atomic E-state index is 6.35. The van der Waals surface area contributed by atoms with Crippen LogP contribution in [0.4, 0.5) is 0 Å². The molecule has 0 fully saturated rings. The minimum absolute atomic E-state index is 0.150. The Morgan fingerprint density at radius 2 is 1.63 bits per heavy atom. The smallest absolute Gasteiger partial charge is 0.0307 e. The van der Waals surface area contributed by atoms with Crippen LogP contribution in [0.25, 0.3) is 0 Å². The molecule has 0 spiro atoms. The van der Waals surface area contributed by atoms with Crippen LogP contribution < -0.4 is 5.73 Å². The van der Waals surface area contributed by atoms with Crippen molar-refractivity contribution in [1.29, 1.82) is 0 Å². The Hall–Kier alpha value is -0.860. The molecule has 0 saturated heterocycles. The highest BCUT2D eigenvalue weighted by Crippen LogP contribution is 2.18. The molecule has 0 amide bonds. The summed E-state index contributed by atoms with van der Waals surface area (Å²) in [4.78, 5) is 2.52. The quantitative estimate of drug-likeness (QED) is 0.809. The highest BCUT2D eigenvalue weighted by molar-refractivity contribution is 5.30. The van der Waals surface area contributed by atoms with E-state index in [-0.39, 0.29) is 6.04 Å². The van der Waals surface area contributed by atoms with Gasteiger partial charge in [-0.15, -0.1) is 0 Å². The number of nitrogens with two attached hydrogens (primary N) is 1. The highest BCUT2D eigenvalue weighted by atomic mass is 15.1. The van der Waals surface area contributed by atoms with Gasteiger partial charge < -0.3 is 10.6 Å². The van der Waals surface area contributed by atoms with Crippen LogP contribution in [0.2, 0.25) is 0 Å². The van der Waals surface area contributed by atoms with E-state index in [1.807, 2.05) is 0 Å². The van der Waals surface area contributed by atoms with Crippen molar-refractivity contribution in [2.24, 2.45) is 5.73 Å². The summed E-state index contributed by atoms with van der Waals surface area (Å²) in [5.74, 6) is 0. The summed E-state index contributed by atoms with van der Waals surface area (Å²) in [5, 5.41) is 0. The Labute approximate surface area is 119 Å². The lowest BCUT2D eigenvalue weighted by atomic mass is 9.99. The Morgan fingerprint density at radius 1 is 1.05 bits per heavy atom. The predicted octanol–water partition coefficient (Wildman–Crippen LogP) is 3.81. The van der Waals surface area contributed by atoms with Gasteiger partial charge in [0.2, 0.25) is 0 Å². The molecule has 2 N–H and O–H groups in total. The third-order valence-electron chi connectivity index (χ3n) is 3.64. The fraction of sp³-hybridized carbons (Fsp3) is 0.647. The van der Waals surface area contributed by atoms with E-state index in [0.717, 1.165) is 19.5 Å². The molecule has 0 aliphatic rings. The number of hydrogen-bond donors (Lipinski definition) is 1. The minimum Gasteiger partial charge on any atom is -0.324 e. The van der Waals surface area contributed by atoms with Crippen molar-refractivity contribution in [1.82, 2.24) is 4.90 Å². The van der Waals surface area contributed by atoms with Gasteiger partial charge in [-0.1, -0.05) is 36.2 Å². The van der Waals surface area contributed by atoms with Gasteiger partial charge in [-0.05, 0) is 52.6 Å². The Balaban J connectivity index is 2.60. The third-order valence-corrected chi connectivity index (χ3v) is 3.64. The maximum Gasteiger partial charge on any atom is 0.0307 e. The fourth-order valence-electron chi connectivity index (χ4n) is 2.61. The fourth-order valence-corrected chi connectivity index (χ4v) is 2.61. The van der Waals surface area contributed by atoms with E-state index in [2.05, 4.69) is 57.7 Å². The molecular formula is C17H30N2. The first-order chi connectivity index (χ1) is 8.93. The van der Waals surface area contributed by atoms with Gasteiger partial charge in [0.25, 0.3) is 0 Å². The zero-order chi connectivity index (χ0) is 14.4. The van der Waals surface area contributed by atoms with Crippen LogP contribution in [0, 0.1) is 13.8 Å². The predicted molar refractivity (Wildman–Crippen MR) is 84.5 cm³/mol. The first kappa shape index (κ1) is 16.2. The van der Waals surface area contributed by atoms with Crippen molar-refractivity contribution in [3.63, 3.8) is 0 Å². The minimum atomic E-state index is 0.150. The molecule has 0 aromatic heterocycles. The molecule has 1 aromatic carbocycles. The lowest BCUT2D eigenvalue weighted by Gasteiger charge is -2.27. The van der Waals surface area contributed by atoms with Gasteiger partial charge in [-0.3, -0.25) is 0 Å². The van der Waals surface area contributed by atoms with Crippen molar-refractivity contribution in [3.8, 4) is 0 Å². The molecule has 1 atom stereocenters. The Morgan fingerprint density at radius 3 is 2.11 bits per heavy atom. The topological polar surface area (TPSA) is 29.3 Å². The van der Waals surface area contributed by atoms with Crippen molar-refractivity contribution in [3.05, 3.63) is 34.9 Å². The summed E-state index contributed by atoms with van der Waals surface area (Å²) in [7, 11) is 0. The van der Waals surface area contributed by atoms with E-state index in [0.29, 0.717) is 6.04 Å². The summed E-state index contributed by atoms with van der Waals surface area (Å²) in [6.45, 7) is 13.3. The first-order valence-corrected chi connectivity index (χ1v) is 7.51. The van der Waals surface area contributed by atoms with Crippen LogP contribution in [-0.2, 0) is 0 Å². The van der Waals surface area contributed by atoms with Crippen LogP contribution >= 0.6 is 0 Å². The second-order valence-corrected chi connectivity index (χ2v) is 5.95. The summed E-state index contributed by atoms with van der Waals surface area (Å²) in [6, 6.07) is 7.39. The highest BCUT2D eigenvalue weighted by Gasteiger charge is 2.12. The molecule has 1 aromatic rings. The zero-order valence-corrected chi connectivity index (χ0v) is 13.2. The normalized spacial score (nSPS) is 13.3. The van der Waals surface area contributed by atoms with E-state index in [1.54, 1.807) is 0 Å². The maximum absolute atomic E-state index is 6.35. The van der Waals surface area contributed by atoms with E-state index < -0.39 is 0 Å². The van der Waals surface area contributed by atoms with Crippen LogP contribution in [0.1, 0.15) is 56.3 Å². The SMILES string of the molecule is CCCN(CCC(N)c1cc(C)cc(C)c1)C(C)C. The van der Waals surface area contributed by atoms with Crippen LogP contribution in [0.5, 0.6) is 0 Å². The van der Waals surface area contributed by atoms with Gasteiger partial charge in [-0.2, -0.15) is 0 Å². The lowest BCUT2D eigenvalue weighted by Crippen LogP contribution is -2.34. The number of aryl methyl sites for hydroxylation is 2. The average molecular weight is 262 g/mol. The van der Waals surface area contributed by atoms with Crippen molar-refractivity contribution in [2.45, 2.75) is 59.5 Å². The summed E-state index contributed by atoms with van der Waals surface area (Å²) >= 11 is 0. The van der Waals surface area contributed by atoms with E-state index in [9.17, 15) is 0 Å². The second kappa shape index (κ2) is 7.66. The largest absolute Gasteiger partial charge is 0.324 e. The molecule has 0 aliphatic carbocycles. The molecule has 2 heteroatoms. The first-order valence-electron chi connectivity index (χ1n) is 7.51. The van der Waals surface area contributed by atoms with E-state index in [4.69, 9.17) is 5.73 Å². The molecule has 0 bridgehead atoms. The molecular weight excluding hydrogens is 232 g/mol. The van der Waals surface area contributed by atoms with Crippen molar-refractivity contribution in [2.75, 3.05) is 13.1 Å².